The first-order valence-corrected chi connectivity index (χ1v) is 11.2. The molecule has 0 saturated carbocycles. The second-order valence-electron chi connectivity index (χ2n) is 7.61. The summed E-state index contributed by atoms with van der Waals surface area (Å²) >= 11 is 1.73. The van der Waals surface area contributed by atoms with Crippen LogP contribution in [0.15, 0.2) is 60.0 Å². The van der Waals surface area contributed by atoms with Gasteiger partial charge in [-0.2, -0.15) is 0 Å². The number of fused-ring (bicyclic) bond motifs is 1. The molecule has 0 unspecified atom stereocenters. The highest BCUT2D eigenvalue weighted by atomic mass is 32.1. The molecule has 0 fully saturated rings. The summed E-state index contributed by atoms with van der Waals surface area (Å²) in [5.74, 6) is 0.986. The van der Waals surface area contributed by atoms with Gasteiger partial charge >= 0.3 is 0 Å². The summed E-state index contributed by atoms with van der Waals surface area (Å²) in [5, 5.41) is 5.07. The molecule has 2 aromatic carbocycles. The molecular weight excluding hydrogens is 394 g/mol. The molecule has 154 valence electrons. The van der Waals surface area contributed by atoms with Gasteiger partial charge in [0.1, 0.15) is 11.9 Å². The zero-order valence-corrected chi connectivity index (χ0v) is 17.8. The topological polar surface area (TPSA) is 55.4 Å². The van der Waals surface area contributed by atoms with Crippen LogP contribution in [0.2, 0.25) is 0 Å². The number of carbonyl (C=O) groups excluding carboxylic acids is 2. The molecule has 0 aliphatic carbocycles. The Balaban J connectivity index is 1.32. The second-order valence-corrected chi connectivity index (χ2v) is 8.64. The van der Waals surface area contributed by atoms with E-state index in [4.69, 9.17) is 4.74 Å². The smallest absolute Gasteiger partial charge is 0.220 e. The van der Waals surface area contributed by atoms with Crippen LogP contribution in [-0.4, -0.2) is 24.3 Å². The van der Waals surface area contributed by atoms with Crippen molar-refractivity contribution in [2.24, 2.45) is 0 Å². The van der Waals surface area contributed by atoms with E-state index in [2.05, 4.69) is 22.8 Å². The molecule has 2 heterocycles. The van der Waals surface area contributed by atoms with Crippen LogP contribution in [0.25, 0.3) is 11.1 Å². The highest BCUT2D eigenvalue weighted by Crippen LogP contribution is 2.34. The van der Waals surface area contributed by atoms with Crippen LogP contribution in [0.5, 0.6) is 5.75 Å². The first-order valence-electron chi connectivity index (χ1n) is 10.3. The van der Waals surface area contributed by atoms with Gasteiger partial charge in [-0.05, 0) is 60.0 Å². The van der Waals surface area contributed by atoms with Crippen molar-refractivity contribution in [3.63, 3.8) is 0 Å². The number of thiophene rings is 1. The molecule has 1 aromatic heterocycles. The maximum Gasteiger partial charge on any atom is 0.220 e. The number of hydrogen-bond donors (Lipinski definition) is 1. The zero-order chi connectivity index (χ0) is 20.9. The van der Waals surface area contributed by atoms with E-state index in [1.54, 1.807) is 18.3 Å². The Kier molecular flexibility index (Phi) is 6.29. The summed E-state index contributed by atoms with van der Waals surface area (Å²) in [6.07, 6.45) is 3.03. The Hall–Kier alpha value is -2.92. The summed E-state index contributed by atoms with van der Waals surface area (Å²) in [6.45, 7) is 2.10. The quantitative estimate of drug-likeness (QED) is 0.519. The fraction of sp³-hybridized carbons (Fsp3) is 0.280. The van der Waals surface area contributed by atoms with Gasteiger partial charge in [-0.25, -0.2) is 0 Å². The minimum atomic E-state index is -0.0560. The lowest BCUT2D eigenvalue weighted by atomic mass is 9.95. The van der Waals surface area contributed by atoms with E-state index in [9.17, 15) is 9.59 Å². The number of nitrogens with one attached hydrogen (secondary N) is 1. The van der Waals surface area contributed by atoms with E-state index in [-0.39, 0.29) is 17.8 Å². The number of ketones is 1. The van der Waals surface area contributed by atoms with Crippen LogP contribution in [0.4, 0.5) is 0 Å². The minimum absolute atomic E-state index is 0.0560. The van der Waals surface area contributed by atoms with Crippen molar-refractivity contribution in [3.8, 4) is 16.9 Å². The van der Waals surface area contributed by atoms with Crippen LogP contribution >= 0.6 is 11.3 Å². The highest BCUT2D eigenvalue weighted by molar-refractivity contribution is 7.09. The van der Waals surface area contributed by atoms with Gasteiger partial charge in [0.2, 0.25) is 5.91 Å². The molecule has 0 spiro atoms. The molecule has 1 amide bonds. The Morgan fingerprint density at radius 2 is 2.00 bits per heavy atom. The van der Waals surface area contributed by atoms with Crippen molar-refractivity contribution < 1.29 is 14.3 Å². The minimum Gasteiger partial charge on any atom is -0.488 e. The number of carbonyl (C=O) groups is 2. The molecule has 0 bridgehead atoms. The Morgan fingerprint density at radius 1 is 1.13 bits per heavy atom. The predicted octanol–water partition coefficient (Wildman–Crippen LogP) is 5.06. The third-order valence-corrected chi connectivity index (χ3v) is 6.29. The number of benzene rings is 2. The second kappa shape index (κ2) is 9.26. The van der Waals surface area contributed by atoms with Gasteiger partial charge in [0.15, 0.2) is 5.78 Å². The fourth-order valence-corrected chi connectivity index (χ4v) is 4.59. The molecule has 1 atom stereocenters. The third-order valence-electron chi connectivity index (χ3n) is 5.35. The van der Waals surface area contributed by atoms with E-state index < -0.39 is 0 Å². The number of hydrogen-bond acceptors (Lipinski definition) is 4. The van der Waals surface area contributed by atoms with E-state index >= 15 is 0 Å². The van der Waals surface area contributed by atoms with Crippen LogP contribution in [0, 0.1) is 0 Å². The average molecular weight is 420 g/mol. The van der Waals surface area contributed by atoms with Gasteiger partial charge < -0.3 is 10.1 Å². The van der Waals surface area contributed by atoms with Crippen molar-refractivity contribution in [2.75, 3.05) is 6.54 Å². The van der Waals surface area contributed by atoms with E-state index in [0.717, 1.165) is 47.3 Å². The lowest BCUT2D eigenvalue weighted by Gasteiger charge is -2.12. The number of amides is 1. The maximum absolute atomic E-state index is 12.1. The van der Waals surface area contributed by atoms with Crippen molar-refractivity contribution in [1.29, 1.82) is 0 Å². The number of aryl methyl sites for hydroxylation is 1. The van der Waals surface area contributed by atoms with Gasteiger partial charge in [0.25, 0.3) is 0 Å². The van der Waals surface area contributed by atoms with Crippen molar-refractivity contribution in [1.82, 2.24) is 5.32 Å². The predicted molar refractivity (Wildman–Crippen MR) is 120 cm³/mol. The van der Waals surface area contributed by atoms with Gasteiger partial charge in [-0.1, -0.05) is 36.4 Å². The molecule has 4 nitrogen and oxygen atoms in total. The number of rotatable bonds is 8. The van der Waals surface area contributed by atoms with E-state index in [1.165, 1.54) is 4.88 Å². The van der Waals surface area contributed by atoms with E-state index in [0.29, 0.717) is 13.0 Å². The summed E-state index contributed by atoms with van der Waals surface area (Å²) in [7, 11) is 0. The molecule has 5 heteroatoms. The first kappa shape index (κ1) is 20.4. The van der Waals surface area contributed by atoms with Gasteiger partial charge in [0, 0.05) is 23.3 Å². The highest BCUT2D eigenvalue weighted by Gasteiger charge is 2.24. The molecule has 0 saturated heterocycles. The Morgan fingerprint density at radius 3 is 2.80 bits per heavy atom. The van der Waals surface area contributed by atoms with Crippen molar-refractivity contribution >= 4 is 23.0 Å². The van der Waals surface area contributed by atoms with Crippen molar-refractivity contribution in [3.05, 3.63) is 76.0 Å². The largest absolute Gasteiger partial charge is 0.488 e. The maximum atomic E-state index is 12.1. The molecule has 4 rings (SSSR count). The standard InChI is InChI=1S/C25H25NO3S/c1-17(27)22-8-2-3-9-23(22)18-11-12-24-19(14-18)15-20(29-24)16-26-25(28)10-4-6-21-7-5-13-30-21/h2-3,5,7-9,11-14,20H,4,6,10,15-16H2,1H3,(H,26,28)/t20-/m0/s1. The number of Topliss-reactive ketones (excluding diaryl/α,β-unsaturated/α-hetero) is 1. The Bertz CT molecular complexity index is 1040. The average Bonchev–Trinajstić information content (AvgIpc) is 3.41. The Labute approximate surface area is 180 Å². The zero-order valence-electron chi connectivity index (χ0n) is 17.0. The fourth-order valence-electron chi connectivity index (χ4n) is 3.84. The van der Waals surface area contributed by atoms with Crippen LogP contribution in [0.1, 0.15) is 40.6 Å². The molecule has 1 N–H and O–H groups in total. The van der Waals surface area contributed by atoms with E-state index in [1.807, 2.05) is 42.5 Å². The third kappa shape index (κ3) is 4.79. The lowest BCUT2D eigenvalue weighted by molar-refractivity contribution is -0.121. The summed E-state index contributed by atoms with van der Waals surface area (Å²) in [6, 6.07) is 17.9. The van der Waals surface area contributed by atoms with Gasteiger partial charge in [0.05, 0.1) is 6.54 Å². The summed E-state index contributed by atoms with van der Waals surface area (Å²) < 4.78 is 6.01. The molecule has 1 aliphatic heterocycles. The summed E-state index contributed by atoms with van der Waals surface area (Å²) in [4.78, 5) is 25.4. The molecule has 1 aliphatic rings. The molecule has 0 radical (unpaired) electrons. The van der Waals surface area contributed by atoms with Crippen molar-refractivity contribution in [2.45, 2.75) is 38.7 Å². The lowest BCUT2D eigenvalue weighted by Crippen LogP contribution is -2.34. The number of ether oxygens (including phenoxy) is 1. The van der Waals surface area contributed by atoms with Crippen LogP contribution in [-0.2, 0) is 17.6 Å². The SMILES string of the molecule is CC(=O)c1ccccc1-c1ccc2c(c1)C[C@@H](CNC(=O)CCCc1cccs1)O2. The normalized spacial score (nSPS) is 14.8. The molecule has 30 heavy (non-hydrogen) atoms. The molecular formula is C25H25NO3S. The monoisotopic (exact) mass is 419 g/mol. The summed E-state index contributed by atoms with van der Waals surface area (Å²) in [5.41, 5.74) is 3.79. The molecule has 3 aromatic rings. The van der Waals surface area contributed by atoms with Gasteiger partial charge in [-0.3, -0.25) is 9.59 Å². The first-order chi connectivity index (χ1) is 14.6. The van der Waals surface area contributed by atoms with Crippen LogP contribution in [0.3, 0.4) is 0 Å². The van der Waals surface area contributed by atoms with Gasteiger partial charge in [-0.15, -0.1) is 11.3 Å². The van der Waals surface area contributed by atoms with Crippen LogP contribution < -0.4 is 10.1 Å².